The van der Waals surface area contributed by atoms with E-state index in [1.54, 1.807) is 13.0 Å². The van der Waals surface area contributed by atoms with E-state index >= 15 is 0 Å². The number of benzene rings is 1. The first-order chi connectivity index (χ1) is 8.47. The Morgan fingerprint density at radius 1 is 1.44 bits per heavy atom. The van der Waals surface area contributed by atoms with Crippen LogP contribution in [0.25, 0.3) is 6.08 Å². The van der Waals surface area contributed by atoms with Crippen LogP contribution in [0.4, 0.5) is 0 Å². The van der Waals surface area contributed by atoms with Crippen LogP contribution in [0.15, 0.2) is 29.2 Å². The van der Waals surface area contributed by atoms with Crippen molar-refractivity contribution in [3.8, 4) is 0 Å². The third-order valence-electron chi connectivity index (χ3n) is 2.29. The van der Waals surface area contributed by atoms with Crippen molar-refractivity contribution in [2.45, 2.75) is 16.6 Å². The maximum absolute atomic E-state index is 12.1. The standard InChI is InChI=1S/C13H13BrO3S/c1-8(14)13(17)12-9(6-7-11(15)16)4-3-5-10(12)18-2/h3-8H,1-2H3,(H,15,16). The summed E-state index contributed by atoms with van der Waals surface area (Å²) in [5.41, 5.74) is 1.19. The Labute approximate surface area is 118 Å². The molecule has 0 radical (unpaired) electrons. The van der Waals surface area contributed by atoms with Gasteiger partial charge in [-0.05, 0) is 30.9 Å². The number of carbonyl (C=O) groups excluding carboxylic acids is 1. The van der Waals surface area contributed by atoms with E-state index in [0.29, 0.717) is 11.1 Å². The smallest absolute Gasteiger partial charge is 0.328 e. The quantitative estimate of drug-likeness (QED) is 0.389. The Kier molecular flexibility index (Phi) is 5.62. The zero-order valence-electron chi connectivity index (χ0n) is 10.0. The summed E-state index contributed by atoms with van der Waals surface area (Å²) in [4.78, 5) is 23.2. The molecule has 1 N–H and O–H groups in total. The molecule has 96 valence electrons. The number of ketones is 1. The number of carboxylic acids is 1. The molecule has 1 aromatic carbocycles. The highest BCUT2D eigenvalue weighted by atomic mass is 79.9. The van der Waals surface area contributed by atoms with E-state index in [0.717, 1.165) is 11.0 Å². The van der Waals surface area contributed by atoms with Crippen LogP contribution in [0, 0.1) is 0 Å². The number of halogens is 1. The van der Waals surface area contributed by atoms with Gasteiger partial charge in [0.05, 0.1) is 4.83 Å². The minimum absolute atomic E-state index is 0.0509. The summed E-state index contributed by atoms with van der Waals surface area (Å²) in [5.74, 6) is -1.08. The maximum Gasteiger partial charge on any atom is 0.328 e. The topological polar surface area (TPSA) is 54.4 Å². The van der Waals surface area contributed by atoms with E-state index in [9.17, 15) is 9.59 Å². The predicted molar refractivity (Wildman–Crippen MR) is 77.6 cm³/mol. The molecule has 0 fully saturated rings. The Morgan fingerprint density at radius 2 is 2.11 bits per heavy atom. The number of Topliss-reactive ketones (excluding diaryl/α,β-unsaturated/α-hetero) is 1. The number of aliphatic carboxylic acids is 1. The molecule has 0 aliphatic carbocycles. The van der Waals surface area contributed by atoms with Crippen LogP contribution in [-0.2, 0) is 4.79 Å². The third kappa shape index (κ3) is 3.71. The van der Waals surface area contributed by atoms with Crippen molar-refractivity contribution in [1.82, 2.24) is 0 Å². The second-order valence-electron chi connectivity index (χ2n) is 3.58. The molecular weight excluding hydrogens is 316 g/mol. The van der Waals surface area contributed by atoms with Gasteiger partial charge in [-0.2, -0.15) is 0 Å². The lowest BCUT2D eigenvalue weighted by atomic mass is 10.0. The van der Waals surface area contributed by atoms with Gasteiger partial charge in [-0.1, -0.05) is 28.1 Å². The first-order valence-corrected chi connectivity index (χ1v) is 7.37. The average Bonchev–Trinajstić information content (AvgIpc) is 2.34. The van der Waals surface area contributed by atoms with Crippen molar-refractivity contribution in [2.24, 2.45) is 0 Å². The molecule has 0 spiro atoms. The number of carboxylic acid groups (broad SMARTS) is 1. The molecule has 0 bridgehead atoms. The molecule has 1 atom stereocenters. The molecule has 0 amide bonds. The van der Waals surface area contributed by atoms with Gasteiger partial charge >= 0.3 is 5.97 Å². The molecule has 0 saturated carbocycles. The first kappa shape index (κ1) is 15.0. The average molecular weight is 329 g/mol. The number of hydrogen-bond donors (Lipinski definition) is 1. The SMILES string of the molecule is CSc1cccc(C=CC(=O)O)c1C(=O)C(C)Br. The minimum atomic E-state index is -1.03. The van der Waals surface area contributed by atoms with Crippen molar-refractivity contribution in [3.63, 3.8) is 0 Å². The lowest BCUT2D eigenvalue weighted by Gasteiger charge is -2.11. The van der Waals surface area contributed by atoms with Gasteiger partial charge in [-0.25, -0.2) is 4.79 Å². The molecule has 1 unspecified atom stereocenters. The van der Waals surface area contributed by atoms with Gasteiger partial charge < -0.3 is 5.11 Å². The highest BCUT2D eigenvalue weighted by molar-refractivity contribution is 9.10. The Morgan fingerprint density at radius 3 is 2.61 bits per heavy atom. The van der Waals surface area contributed by atoms with Crippen LogP contribution in [-0.4, -0.2) is 27.9 Å². The minimum Gasteiger partial charge on any atom is -0.478 e. The monoisotopic (exact) mass is 328 g/mol. The van der Waals surface area contributed by atoms with Gasteiger partial charge in [0.15, 0.2) is 5.78 Å². The normalized spacial score (nSPS) is 12.6. The van der Waals surface area contributed by atoms with Crippen molar-refractivity contribution >= 4 is 45.5 Å². The van der Waals surface area contributed by atoms with Crippen LogP contribution in [0.2, 0.25) is 0 Å². The summed E-state index contributed by atoms with van der Waals surface area (Å²) < 4.78 is 0. The van der Waals surface area contributed by atoms with E-state index < -0.39 is 5.97 Å². The second-order valence-corrected chi connectivity index (χ2v) is 5.80. The molecule has 0 aliphatic rings. The summed E-state index contributed by atoms with van der Waals surface area (Å²) in [6.45, 7) is 1.75. The first-order valence-electron chi connectivity index (χ1n) is 5.23. The van der Waals surface area contributed by atoms with Crippen LogP contribution >= 0.6 is 27.7 Å². The van der Waals surface area contributed by atoms with Crippen molar-refractivity contribution in [2.75, 3.05) is 6.26 Å². The molecule has 1 rings (SSSR count). The number of hydrogen-bond acceptors (Lipinski definition) is 3. The largest absolute Gasteiger partial charge is 0.478 e. The number of rotatable bonds is 5. The van der Waals surface area contributed by atoms with E-state index in [1.807, 2.05) is 18.4 Å². The fourth-order valence-electron chi connectivity index (χ4n) is 1.48. The molecule has 0 aromatic heterocycles. The Hall–Kier alpha value is -1.07. The van der Waals surface area contributed by atoms with E-state index in [4.69, 9.17) is 5.11 Å². The molecule has 0 saturated heterocycles. The van der Waals surface area contributed by atoms with Crippen LogP contribution in [0.3, 0.4) is 0 Å². The van der Waals surface area contributed by atoms with Gasteiger partial charge in [0.25, 0.3) is 0 Å². The molecule has 3 nitrogen and oxygen atoms in total. The van der Waals surface area contributed by atoms with Gasteiger partial charge in [0, 0.05) is 16.5 Å². The molecule has 5 heteroatoms. The summed E-state index contributed by atoms with van der Waals surface area (Å²) in [7, 11) is 0. The number of thioether (sulfide) groups is 1. The van der Waals surface area contributed by atoms with Crippen LogP contribution < -0.4 is 0 Å². The molecule has 18 heavy (non-hydrogen) atoms. The van der Waals surface area contributed by atoms with Gasteiger partial charge in [0.2, 0.25) is 0 Å². The molecule has 0 aliphatic heterocycles. The van der Waals surface area contributed by atoms with Crippen molar-refractivity contribution in [1.29, 1.82) is 0 Å². The third-order valence-corrected chi connectivity index (χ3v) is 3.49. The molecule has 0 heterocycles. The summed E-state index contributed by atoms with van der Waals surface area (Å²) in [6, 6.07) is 5.40. The van der Waals surface area contributed by atoms with E-state index in [1.165, 1.54) is 17.8 Å². The van der Waals surface area contributed by atoms with Crippen LogP contribution in [0.5, 0.6) is 0 Å². The summed E-state index contributed by atoms with van der Waals surface area (Å²) >= 11 is 4.72. The molecular formula is C13H13BrO3S. The van der Waals surface area contributed by atoms with Gasteiger partial charge in [0.1, 0.15) is 0 Å². The highest BCUT2D eigenvalue weighted by Gasteiger charge is 2.18. The Bertz CT molecular complexity index is 495. The number of carbonyl (C=O) groups is 2. The lowest BCUT2D eigenvalue weighted by molar-refractivity contribution is -0.131. The van der Waals surface area contributed by atoms with Gasteiger partial charge in [-0.3, -0.25) is 4.79 Å². The van der Waals surface area contributed by atoms with Crippen molar-refractivity contribution in [3.05, 3.63) is 35.4 Å². The maximum atomic E-state index is 12.1. The summed E-state index contributed by atoms with van der Waals surface area (Å²) in [5, 5.41) is 8.65. The summed E-state index contributed by atoms with van der Waals surface area (Å²) in [6.07, 6.45) is 4.37. The molecule has 1 aromatic rings. The van der Waals surface area contributed by atoms with E-state index in [2.05, 4.69) is 15.9 Å². The van der Waals surface area contributed by atoms with E-state index in [-0.39, 0.29) is 10.6 Å². The van der Waals surface area contributed by atoms with Crippen molar-refractivity contribution < 1.29 is 14.7 Å². The zero-order valence-corrected chi connectivity index (χ0v) is 12.4. The van der Waals surface area contributed by atoms with Gasteiger partial charge in [-0.15, -0.1) is 11.8 Å². The second kappa shape index (κ2) is 6.75. The fraction of sp³-hybridized carbons (Fsp3) is 0.231. The zero-order chi connectivity index (χ0) is 13.7. The number of alkyl halides is 1. The predicted octanol–water partition coefficient (Wildman–Crippen LogP) is 3.47. The van der Waals surface area contributed by atoms with Crippen LogP contribution in [0.1, 0.15) is 22.8 Å². The fourth-order valence-corrected chi connectivity index (χ4v) is 2.35. The Balaban J connectivity index is 3.33. The highest BCUT2D eigenvalue weighted by Crippen LogP contribution is 2.27. The lowest BCUT2D eigenvalue weighted by Crippen LogP contribution is -2.13.